The fourth-order valence-electron chi connectivity index (χ4n) is 4.31. The molecule has 0 saturated heterocycles. The summed E-state index contributed by atoms with van der Waals surface area (Å²) in [5, 5.41) is 0. The second kappa shape index (κ2) is 7.95. The molecule has 2 aliphatic carbocycles. The van der Waals surface area contributed by atoms with Gasteiger partial charge in [-0.3, -0.25) is 0 Å². The van der Waals surface area contributed by atoms with Gasteiger partial charge >= 0.3 is 0 Å². The molecule has 1 aromatic rings. The van der Waals surface area contributed by atoms with Gasteiger partial charge in [0.25, 0.3) is 0 Å². The summed E-state index contributed by atoms with van der Waals surface area (Å²) < 4.78 is 33.5. The van der Waals surface area contributed by atoms with Crippen molar-refractivity contribution in [3.05, 3.63) is 46.7 Å². The van der Waals surface area contributed by atoms with Gasteiger partial charge in [-0.25, -0.2) is 8.78 Å². The van der Waals surface area contributed by atoms with Crippen LogP contribution in [-0.4, -0.2) is 7.11 Å². The molecular formula is C21H28F2O. The van der Waals surface area contributed by atoms with Gasteiger partial charge < -0.3 is 4.74 Å². The Morgan fingerprint density at radius 3 is 2.25 bits per heavy atom. The van der Waals surface area contributed by atoms with Crippen molar-refractivity contribution in [3.63, 3.8) is 0 Å². The molecule has 1 aromatic carbocycles. The van der Waals surface area contributed by atoms with E-state index in [1.54, 1.807) is 18.1 Å². The molecule has 2 radical (unpaired) electrons. The van der Waals surface area contributed by atoms with Crippen molar-refractivity contribution in [2.24, 2.45) is 11.8 Å². The van der Waals surface area contributed by atoms with Crippen molar-refractivity contribution >= 4 is 0 Å². The second-order valence-electron chi connectivity index (χ2n) is 7.55. The van der Waals surface area contributed by atoms with Gasteiger partial charge in [0.2, 0.25) is 0 Å². The van der Waals surface area contributed by atoms with Gasteiger partial charge in [-0.05, 0) is 61.8 Å². The number of methoxy groups -OCH3 is 1. The summed E-state index contributed by atoms with van der Waals surface area (Å²) in [6.45, 7) is 2.45. The van der Waals surface area contributed by atoms with Crippen LogP contribution in [0.5, 0.6) is 0 Å². The molecule has 2 fully saturated rings. The van der Waals surface area contributed by atoms with E-state index < -0.39 is 11.6 Å². The van der Waals surface area contributed by atoms with Crippen molar-refractivity contribution < 1.29 is 13.5 Å². The van der Waals surface area contributed by atoms with Crippen LogP contribution in [0.25, 0.3) is 0 Å². The molecule has 0 aliphatic heterocycles. The first-order chi connectivity index (χ1) is 11.6. The third kappa shape index (κ3) is 3.82. The topological polar surface area (TPSA) is 9.23 Å². The lowest BCUT2D eigenvalue weighted by Gasteiger charge is -2.36. The predicted octanol–water partition coefficient (Wildman–Crippen LogP) is 6.01. The Morgan fingerprint density at radius 1 is 0.958 bits per heavy atom. The van der Waals surface area contributed by atoms with Crippen molar-refractivity contribution in [1.82, 2.24) is 0 Å². The Balaban J connectivity index is 1.61. The molecule has 0 heterocycles. The zero-order chi connectivity index (χ0) is 17.1. The number of hydrogen-bond acceptors (Lipinski definition) is 1. The van der Waals surface area contributed by atoms with E-state index in [0.29, 0.717) is 17.0 Å². The fraction of sp³-hybridized carbons (Fsp3) is 0.619. The standard InChI is InChI=1S/C21H28F2O/c1-14-3-5-15(6-4-14)16-7-9-17(10-8-16)19-12-11-18(13-24-2)20(22)21(19)23/h11-12,14,16H,3-10,13H2,1-2H3. The Bertz CT molecular complexity index is 541. The van der Waals surface area contributed by atoms with Gasteiger partial charge in [0.15, 0.2) is 11.6 Å². The van der Waals surface area contributed by atoms with E-state index >= 15 is 0 Å². The maximum Gasteiger partial charge on any atom is 0.164 e. The van der Waals surface area contributed by atoms with Gasteiger partial charge in [0, 0.05) is 18.6 Å². The van der Waals surface area contributed by atoms with E-state index in [0.717, 1.165) is 37.5 Å². The first-order valence-electron chi connectivity index (χ1n) is 9.25. The molecule has 0 atom stereocenters. The molecule has 0 unspecified atom stereocenters. The van der Waals surface area contributed by atoms with E-state index in [1.165, 1.54) is 32.8 Å². The Morgan fingerprint density at radius 2 is 1.62 bits per heavy atom. The smallest absolute Gasteiger partial charge is 0.164 e. The summed E-state index contributed by atoms with van der Waals surface area (Å²) in [5.74, 6) is 2.92. The molecule has 0 aromatic heterocycles. The predicted molar refractivity (Wildman–Crippen MR) is 92.2 cm³/mol. The molecule has 0 spiro atoms. The lowest BCUT2D eigenvalue weighted by atomic mass is 9.68. The quantitative estimate of drug-likeness (QED) is 0.655. The number of hydrogen-bond donors (Lipinski definition) is 0. The zero-order valence-corrected chi connectivity index (χ0v) is 14.8. The molecular weight excluding hydrogens is 306 g/mol. The van der Waals surface area contributed by atoms with E-state index in [4.69, 9.17) is 4.74 Å². The first-order valence-corrected chi connectivity index (χ1v) is 9.25. The van der Waals surface area contributed by atoms with E-state index in [1.807, 2.05) is 0 Å². The SMILES string of the molecule is COCc1ccc([C]2CCC([C]3CCC(C)CC3)CC2)c(F)c1F. The van der Waals surface area contributed by atoms with Crippen molar-refractivity contribution in [2.75, 3.05) is 7.11 Å². The summed E-state index contributed by atoms with van der Waals surface area (Å²) in [5.41, 5.74) is 0.771. The largest absolute Gasteiger partial charge is 0.380 e. The molecule has 2 saturated carbocycles. The average Bonchev–Trinajstić information content (AvgIpc) is 2.60. The Kier molecular flexibility index (Phi) is 5.91. The zero-order valence-electron chi connectivity index (χ0n) is 14.8. The number of rotatable bonds is 4. The van der Waals surface area contributed by atoms with Crippen LogP contribution in [0, 0.1) is 35.3 Å². The van der Waals surface area contributed by atoms with Crippen LogP contribution in [0.1, 0.15) is 69.4 Å². The van der Waals surface area contributed by atoms with Gasteiger partial charge in [0.1, 0.15) is 0 Å². The van der Waals surface area contributed by atoms with Crippen LogP contribution in [0.2, 0.25) is 0 Å². The van der Waals surface area contributed by atoms with Crippen molar-refractivity contribution in [1.29, 1.82) is 0 Å². The summed E-state index contributed by atoms with van der Waals surface area (Å²) in [6, 6.07) is 3.39. The summed E-state index contributed by atoms with van der Waals surface area (Å²) in [6.07, 6.45) is 9.17. The van der Waals surface area contributed by atoms with Gasteiger partial charge in [0.05, 0.1) is 6.61 Å². The molecule has 0 N–H and O–H groups in total. The molecule has 132 valence electrons. The highest BCUT2D eigenvalue weighted by molar-refractivity contribution is 5.36. The van der Waals surface area contributed by atoms with Crippen LogP contribution in [0.3, 0.4) is 0 Å². The lowest BCUT2D eigenvalue weighted by molar-refractivity contribution is 0.180. The highest BCUT2D eigenvalue weighted by Gasteiger charge is 2.32. The fourth-order valence-corrected chi connectivity index (χ4v) is 4.31. The van der Waals surface area contributed by atoms with E-state index in [-0.39, 0.29) is 6.61 Å². The minimum absolute atomic E-state index is 0.108. The molecule has 3 rings (SSSR count). The van der Waals surface area contributed by atoms with Crippen LogP contribution < -0.4 is 0 Å². The maximum atomic E-state index is 14.4. The van der Waals surface area contributed by atoms with Crippen LogP contribution in [0.4, 0.5) is 8.78 Å². The molecule has 0 bridgehead atoms. The van der Waals surface area contributed by atoms with Gasteiger partial charge in [-0.2, -0.15) is 0 Å². The molecule has 3 heteroatoms. The highest BCUT2D eigenvalue weighted by atomic mass is 19.2. The van der Waals surface area contributed by atoms with Crippen LogP contribution in [0.15, 0.2) is 12.1 Å². The van der Waals surface area contributed by atoms with E-state index in [9.17, 15) is 8.78 Å². The third-order valence-electron chi connectivity index (χ3n) is 5.93. The lowest BCUT2D eigenvalue weighted by Crippen LogP contribution is -2.24. The molecule has 24 heavy (non-hydrogen) atoms. The maximum absolute atomic E-state index is 14.4. The minimum atomic E-state index is -0.750. The number of benzene rings is 1. The third-order valence-corrected chi connectivity index (χ3v) is 5.93. The molecule has 0 amide bonds. The second-order valence-corrected chi connectivity index (χ2v) is 7.55. The normalized spacial score (nSPS) is 22.2. The monoisotopic (exact) mass is 334 g/mol. The Labute approximate surface area is 144 Å². The summed E-state index contributed by atoms with van der Waals surface area (Å²) in [7, 11) is 1.49. The van der Waals surface area contributed by atoms with Gasteiger partial charge in [-0.1, -0.05) is 31.9 Å². The number of ether oxygens (including phenoxy) is 1. The van der Waals surface area contributed by atoms with Crippen molar-refractivity contribution in [2.45, 2.75) is 64.9 Å². The Hall–Kier alpha value is -0.960. The minimum Gasteiger partial charge on any atom is -0.380 e. The van der Waals surface area contributed by atoms with E-state index in [2.05, 4.69) is 6.92 Å². The summed E-state index contributed by atoms with van der Waals surface area (Å²) >= 11 is 0. The summed E-state index contributed by atoms with van der Waals surface area (Å²) in [4.78, 5) is 0. The average molecular weight is 334 g/mol. The molecule has 2 aliphatic rings. The molecule has 1 nitrogen and oxygen atoms in total. The van der Waals surface area contributed by atoms with Crippen LogP contribution in [-0.2, 0) is 11.3 Å². The van der Waals surface area contributed by atoms with Gasteiger partial charge in [-0.15, -0.1) is 0 Å². The van der Waals surface area contributed by atoms with Crippen LogP contribution >= 0.6 is 0 Å². The first kappa shape index (κ1) is 17.8. The number of halogens is 2. The highest BCUT2D eigenvalue weighted by Crippen LogP contribution is 2.45. The van der Waals surface area contributed by atoms with Crippen molar-refractivity contribution in [3.8, 4) is 0 Å².